The van der Waals surface area contributed by atoms with Gasteiger partial charge in [0.05, 0.1) is 0 Å². The number of rotatable bonds is 0. The van der Waals surface area contributed by atoms with Crippen LogP contribution in [-0.2, 0) is 21.5 Å². The largest absolute Gasteiger partial charge is 3.00 e. The summed E-state index contributed by atoms with van der Waals surface area (Å²) in [6.45, 7) is 6.81. The first-order valence-electron chi connectivity index (χ1n) is 4.44. The van der Waals surface area contributed by atoms with Gasteiger partial charge < -0.3 is 24.5 Å². The number of carbonyl (C=O) groups excluding carboxylic acids is 2. The maximum Gasteiger partial charge on any atom is 3.00 e. The van der Waals surface area contributed by atoms with Gasteiger partial charge in [-0.2, -0.15) is 6.08 Å². The molecule has 0 atom stereocenters. The molecule has 0 aromatic carbocycles. The minimum Gasteiger partial charge on any atom is -0.483 e. The fourth-order valence-corrected chi connectivity index (χ4v) is 0.408. The van der Waals surface area contributed by atoms with E-state index in [2.05, 4.69) is 36.5 Å². The van der Waals surface area contributed by atoms with Gasteiger partial charge in [0.15, 0.2) is 0 Å². The van der Waals surface area contributed by atoms with Gasteiger partial charge in [0.1, 0.15) is 0 Å². The molecule has 0 spiro atoms. The zero-order chi connectivity index (χ0) is 13.0. The molecule has 7 heteroatoms. The Balaban J connectivity index is -0.000000175. The standard InChI is InChI=1S/C5H5.C3H9Si.C2H2O5.Co/c1-2-4-5-3-1;1-4(2)3;3-1(4)7-2(5)6;/h1-3H,4H2;1-3H3;(H,3,4)(H,5,6);/q-1;;;+3/p-2. The molecule has 0 N–H and O–H groups in total. The molecule has 0 fully saturated rings. The number of hydrogen-bond acceptors (Lipinski definition) is 5. The van der Waals surface area contributed by atoms with Crippen LogP contribution in [0.25, 0.3) is 0 Å². The minimum atomic E-state index is -2.12. The van der Waals surface area contributed by atoms with Gasteiger partial charge in [-0.1, -0.05) is 19.6 Å². The Morgan fingerprint density at radius 3 is 1.71 bits per heavy atom. The molecule has 0 amide bonds. The van der Waals surface area contributed by atoms with Crippen LogP contribution in [0, 0.1) is 6.08 Å². The first-order chi connectivity index (χ1) is 7.36. The van der Waals surface area contributed by atoms with Crippen LogP contribution in [0.3, 0.4) is 0 Å². The van der Waals surface area contributed by atoms with E-state index in [4.69, 9.17) is 19.8 Å². The van der Waals surface area contributed by atoms with Gasteiger partial charge in [-0.05, 0) is 0 Å². The summed E-state index contributed by atoms with van der Waals surface area (Å²) in [6.07, 6.45) is 5.75. The number of ether oxygens (including phenoxy) is 1. The Kier molecular flexibility index (Phi) is 18.7. The number of carbonyl (C=O) groups is 2. The zero-order valence-corrected chi connectivity index (χ0v) is 11.9. The van der Waals surface area contributed by atoms with Gasteiger partial charge in [0, 0.05) is 8.80 Å². The SMILES string of the molecule is C[Si](C)C.O=C([O-])OC(=O)[O-].[C-]1=CC=CC1.[Co+3]. The Morgan fingerprint density at radius 1 is 1.24 bits per heavy atom. The van der Waals surface area contributed by atoms with E-state index < -0.39 is 12.3 Å². The van der Waals surface area contributed by atoms with E-state index in [0.29, 0.717) is 0 Å². The summed E-state index contributed by atoms with van der Waals surface area (Å²) in [5, 5.41) is 18.1. The van der Waals surface area contributed by atoms with E-state index >= 15 is 0 Å². The second-order valence-corrected chi connectivity index (χ2v) is 6.11. The predicted molar refractivity (Wildman–Crippen MR) is 56.8 cm³/mol. The van der Waals surface area contributed by atoms with Gasteiger partial charge in [-0.3, -0.25) is 6.08 Å². The molecule has 0 heterocycles. The minimum absolute atomic E-state index is 0. The molecular formula is C10H14CoO5Si. The summed E-state index contributed by atoms with van der Waals surface area (Å²) >= 11 is 0. The van der Waals surface area contributed by atoms with Crippen LogP contribution in [-0.4, -0.2) is 21.1 Å². The van der Waals surface area contributed by atoms with Gasteiger partial charge in [0.25, 0.3) is 12.3 Å². The van der Waals surface area contributed by atoms with E-state index in [1.54, 1.807) is 0 Å². The summed E-state index contributed by atoms with van der Waals surface area (Å²) < 4.78 is 2.86. The molecule has 5 nitrogen and oxygen atoms in total. The van der Waals surface area contributed by atoms with E-state index in [1.807, 2.05) is 12.2 Å². The van der Waals surface area contributed by atoms with Crippen molar-refractivity contribution < 1.29 is 41.3 Å². The molecule has 0 unspecified atom stereocenters. The molecule has 1 rings (SSSR count). The van der Waals surface area contributed by atoms with E-state index in [9.17, 15) is 0 Å². The maximum atomic E-state index is 9.06. The van der Waals surface area contributed by atoms with Crippen LogP contribution < -0.4 is 10.2 Å². The smallest absolute Gasteiger partial charge is 0.483 e. The molecule has 0 saturated heterocycles. The van der Waals surface area contributed by atoms with Gasteiger partial charge >= 0.3 is 16.8 Å². The van der Waals surface area contributed by atoms with Crippen molar-refractivity contribution in [1.29, 1.82) is 0 Å². The quantitative estimate of drug-likeness (QED) is 0.279. The molecule has 1 aliphatic carbocycles. The van der Waals surface area contributed by atoms with Gasteiger partial charge in [-0.25, -0.2) is 12.2 Å². The van der Waals surface area contributed by atoms with Crippen molar-refractivity contribution in [3.05, 3.63) is 24.3 Å². The molecule has 97 valence electrons. The number of allylic oxidation sites excluding steroid dienone is 4. The topological polar surface area (TPSA) is 89.5 Å². The van der Waals surface area contributed by atoms with Gasteiger partial charge in [0.2, 0.25) is 0 Å². The van der Waals surface area contributed by atoms with Crippen LogP contribution in [0.1, 0.15) is 6.42 Å². The van der Waals surface area contributed by atoms with Crippen molar-refractivity contribution in [2.75, 3.05) is 0 Å². The molecule has 0 bridgehead atoms. The summed E-state index contributed by atoms with van der Waals surface area (Å²) in [5.74, 6) is 0. The molecule has 17 heavy (non-hydrogen) atoms. The molecule has 0 aromatic heterocycles. The third-order valence-electron chi connectivity index (χ3n) is 0.753. The Morgan fingerprint density at radius 2 is 1.65 bits per heavy atom. The summed E-state index contributed by atoms with van der Waals surface area (Å²) in [4.78, 5) is 18.1. The van der Waals surface area contributed by atoms with Crippen LogP contribution in [0.4, 0.5) is 9.59 Å². The van der Waals surface area contributed by atoms with Crippen molar-refractivity contribution in [1.82, 2.24) is 0 Å². The fraction of sp³-hybridized carbons (Fsp3) is 0.400. The Hall–Kier alpha value is -1.06. The first kappa shape index (κ1) is 21.3. The second-order valence-electron chi connectivity index (χ2n) is 3.11. The third-order valence-corrected chi connectivity index (χ3v) is 0.753. The third kappa shape index (κ3) is 39.7. The number of hydrogen-bond donors (Lipinski definition) is 0. The summed E-state index contributed by atoms with van der Waals surface area (Å²) in [5.41, 5.74) is 0. The van der Waals surface area contributed by atoms with Crippen LogP contribution >= 0.6 is 0 Å². The number of carboxylic acid groups (broad SMARTS) is 2. The van der Waals surface area contributed by atoms with Crippen molar-refractivity contribution >= 4 is 21.1 Å². The van der Waals surface area contributed by atoms with Crippen molar-refractivity contribution in [2.24, 2.45) is 0 Å². The fourth-order valence-electron chi connectivity index (χ4n) is 0.408. The molecule has 0 aliphatic heterocycles. The summed E-state index contributed by atoms with van der Waals surface area (Å²) in [7, 11) is 0.120. The van der Waals surface area contributed by atoms with Crippen molar-refractivity contribution in [3.8, 4) is 0 Å². The van der Waals surface area contributed by atoms with E-state index in [1.165, 1.54) is 0 Å². The molecule has 0 aromatic rings. The average Bonchev–Trinajstić information content (AvgIpc) is 2.54. The van der Waals surface area contributed by atoms with Gasteiger partial charge in [-0.15, -0.1) is 6.42 Å². The van der Waals surface area contributed by atoms with Crippen LogP contribution in [0.15, 0.2) is 18.2 Å². The molecular weight excluding hydrogens is 287 g/mol. The average molecular weight is 301 g/mol. The van der Waals surface area contributed by atoms with Crippen molar-refractivity contribution in [2.45, 2.75) is 26.1 Å². The Bertz CT molecular complexity index is 239. The molecule has 0 saturated carbocycles. The van der Waals surface area contributed by atoms with Crippen LogP contribution in [0.5, 0.6) is 0 Å². The monoisotopic (exact) mass is 301 g/mol. The van der Waals surface area contributed by atoms with E-state index in [0.717, 1.165) is 6.42 Å². The predicted octanol–water partition coefficient (Wildman–Crippen LogP) is 0.363. The first-order valence-corrected chi connectivity index (χ1v) is 7.44. The Labute approximate surface area is 113 Å². The molecule has 1 aliphatic rings. The summed E-state index contributed by atoms with van der Waals surface area (Å²) in [6, 6.07) is 0. The van der Waals surface area contributed by atoms with Crippen LogP contribution in [0.2, 0.25) is 19.6 Å². The van der Waals surface area contributed by atoms with E-state index in [-0.39, 0.29) is 25.6 Å². The maximum absolute atomic E-state index is 9.06. The molecule has 1 radical (unpaired) electrons. The zero-order valence-electron chi connectivity index (χ0n) is 9.81. The normalized spacial score (nSPS) is 10.4. The second kappa shape index (κ2) is 14.9. The van der Waals surface area contributed by atoms with Crippen molar-refractivity contribution in [3.63, 3.8) is 0 Å².